The summed E-state index contributed by atoms with van der Waals surface area (Å²) in [5.74, 6) is 3.06. The molecule has 0 atom stereocenters. The molecule has 21 heavy (non-hydrogen) atoms. The number of hydrogen-bond donors (Lipinski definition) is 0. The zero-order valence-corrected chi connectivity index (χ0v) is 14.5. The van der Waals surface area contributed by atoms with Gasteiger partial charge in [-0.2, -0.15) is 0 Å². The first-order valence-electron chi connectivity index (χ1n) is 8.98. The summed E-state index contributed by atoms with van der Waals surface area (Å²) in [5, 5.41) is 0. The van der Waals surface area contributed by atoms with Gasteiger partial charge in [0.2, 0.25) is 5.91 Å². The van der Waals surface area contributed by atoms with Crippen LogP contribution >= 0.6 is 0 Å². The summed E-state index contributed by atoms with van der Waals surface area (Å²) < 4.78 is 0. The maximum absolute atomic E-state index is 12.7. The molecule has 0 N–H and O–H groups in total. The Bertz CT molecular complexity index is 324. The van der Waals surface area contributed by atoms with Gasteiger partial charge in [-0.05, 0) is 56.5 Å². The van der Waals surface area contributed by atoms with Gasteiger partial charge in [-0.1, -0.05) is 27.7 Å². The highest BCUT2D eigenvalue weighted by atomic mass is 16.2. The van der Waals surface area contributed by atoms with E-state index in [1.54, 1.807) is 0 Å². The second-order valence-corrected chi connectivity index (χ2v) is 7.88. The van der Waals surface area contributed by atoms with E-state index in [2.05, 4.69) is 37.5 Å². The Morgan fingerprint density at radius 1 is 0.952 bits per heavy atom. The number of likely N-dealkylation sites (tertiary alicyclic amines) is 2. The molecule has 0 unspecified atom stereocenters. The van der Waals surface area contributed by atoms with Crippen LogP contribution in [-0.4, -0.2) is 48.4 Å². The Hall–Kier alpha value is -0.570. The highest BCUT2D eigenvalue weighted by molar-refractivity contribution is 5.79. The molecule has 2 saturated heterocycles. The lowest BCUT2D eigenvalue weighted by Crippen LogP contribution is -2.46. The van der Waals surface area contributed by atoms with Crippen LogP contribution in [0.3, 0.4) is 0 Å². The van der Waals surface area contributed by atoms with Crippen molar-refractivity contribution in [1.29, 1.82) is 0 Å². The summed E-state index contributed by atoms with van der Waals surface area (Å²) in [6, 6.07) is 0. The van der Waals surface area contributed by atoms with E-state index in [1.165, 1.54) is 19.4 Å². The Morgan fingerprint density at radius 3 is 2.00 bits per heavy atom. The van der Waals surface area contributed by atoms with Gasteiger partial charge in [-0.25, -0.2) is 0 Å². The van der Waals surface area contributed by atoms with Crippen molar-refractivity contribution in [2.75, 3.05) is 32.7 Å². The third-order valence-corrected chi connectivity index (χ3v) is 5.35. The van der Waals surface area contributed by atoms with Crippen LogP contribution in [0.15, 0.2) is 0 Å². The predicted octanol–water partition coefficient (Wildman–Crippen LogP) is 3.25. The van der Waals surface area contributed by atoms with Gasteiger partial charge in [0.1, 0.15) is 0 Å². The van der Waals surface area contributed by atoms with Crippen molar-refractivity contribution < 1.29 is 4.79 Å². The molecule has 122 valence electrons. The van der Waals surface area contributed by atoms with Crippen LogP contribution in [0.1, 0.15) is 53.4 Å². The van der Waals surface area contributed by atoms with E-state index in [0.29, 0.717) is 11.8 Å². The van der Waals surface area contributed by atoms with Crippen molar-refractivity contribution in [2.24, 2.45) is 23.7 Å². The smallest absolute Gasteiger partial charge is 0.225 e. The molecule has 2 aliphatic heterocycles. The fourth-order valence-corrected chi connectivity index (χ4v) is 3.92. The van der Waals surface area contributed by atoms with Crippen molar-refractivity contribution in [3.05, 3.63) is 0 Å². The van der Waals surface area contributed by atoms with Crippen LogP contribution < -0.4 is 0 Å². The third kappa shape index (κ3) is 4.70. The molecule has 0 saturated carbocycles. The van der Waals surface area contributed by atoms with Gasteiger partial charge in [0, 0.05) is 25.6 Å². The Morgan fingerprint density at radius 2 is 1.52 bits per heavy atom. The predicted molar refractivity (Wildman–Crippen MR) is 88.1 cm³/mol. The van der Waals surface area contributed by atoms with E-state index >= 15 is 0 Å². The van der Waals surface area contributed by atoms with Gasteiger partial charge in [-0.15, -0.1) is 0 Å². The molecule has 0 aromatic rings. The fourth-order valence-electron chi connectivity index (χ4n) is 3.92. The number of carbonyl (C=O) groups is 1. The summed E-state index contributed by atoms with van der Waals surface area (Å²) in [7, 11) is 0. The van der Waals surface area contributed by atoms with Gasteiger partial charge in [0.05, 0.1) is 0 Å². The standard InChI is InChI=1S/C18H34N2O/c1-14(2)13-19-9-5-17(6-10-19)18(21)20-11-7-16(8-12-20)15(3)4/h14-17H,5-13H2,1-4H3. The number of piperidine rings is 2. The quantitative estimate of drug-likeness (QED) is 0.794. The lowest BCUT2D eigenvalue weighted by molar-refractivity contribution is -0.138. The molecule has 0 spiro atoms. The average Bonchev–Trinajstić information content (AvgIpc) is 2.47. The Kier molecular flexibility index (Phi) is 6.09. The average molecular weight is 294 g/mol. The summed E-state index contributed by atoms with van der Waals surface area (Å²) in [4.78, 5) is 17.3. The second kappa shape index (κ2) is 7.62. The number of carbonyl (C=O) groups excluding carboxylic acids is 1. The zero-order valence-electron chi connectivity index (χ0n) is 14.5. The fraction of sp³-hybridized carbons (Fsp3) is 0.944. The second-order valence-electron chi connectivity index (χ2n) is 7.88. The van der Waals surface area contributed by atoms with Crippen LogP contribution in [0.5, 0.6) is 0 Å². The van der Waals surface area contributed by atoms with Gasteiger partial charge in [0.25, 0.3) is 0 Å². The number of amides is 1. The van der Waals surface area contributed by atoms with Crippen LogP contribution in [0.2, 0.25) is 0 Å². The minimum absolute atomic E-state index is 0.295. The molecule has 3 heteroatoms. The van der Waals surface area contributed by atoms with Gasteiger partial charge < -0.3 is 9.80 Å². The number of nitrogens with zero attached hydrogens (tertiary/aromatic N) is 2. The summed E-state index contributed by atoms with van der Waals surface area (Å²) in [5.41, 5.74) is 0. The van der Waals surface area contributed by atoms with Gasteiger partial charge >= 0.3 is 0 Å². The molecule has 3 nitrogen and oxygen atoms in total. The first-order chi connectivity index (χ1) is 9.97. The molecule has 2 rings (SSSR count). The van der Waals surface area contributed by atoms with E-state index in [9.17, 15) is 4.79 Å². The van der Waals surface area contributed by atoms with E-state index in [-0.39, 0.29) is 0 Å². The molecular formula is C18H34N2O. The summed E-state index contributed by atoms with van der Waals surface area (Å²) >= 11 is 0. The van der Waals surface area contributed by atoms with Crippen molar-refractivity contribution in [3.63, 3.8) is 0 Å². The Balaban J connectivity index is 1.75. The maximum atomic E-state index is 12.7. The largest absolute Gasteiger partial charge is 0.342 e. The first-order valence-corrected chi connectivity index (χ1v) is 8.98. The minimum Gasteiger partial charge on any atom is -0.342 e. The topological polar surface area (TPSA) is 23.6 Å². The summed E-state index contributed by atoms with van der Waals surface area (Å²) in [6.45, 7) is 14.6. The van der Waals surface area contributed by atoms with Crippen molar-refractivity contribution in [3.8, 4) is 0 Å². The molecule has 0 aromatic carbocycles. The first kappa shape index (κ1) is 16.8. The number of hydrogen-bond acceptors (Lipinski definition) is 2. The van der Waals surface area contributed by atoms with E-state index < -0.39 is 0 Å². The van der Waals surface area contributed by atoms with Crippen LogP contribution in [-0.2, 0) is 4.79 Å². The molecule has 0 aliphatic carbocycles. The molecular weight excluding hydrogens is 260 g/mol. The van der Waals surface area contributed by atoms with Crippen molar-refractivity contribution in [1.82, 2.24) is 9.80 Å². The highest BCUT2D eigenvalue weighted by Crippen LogP contribution is 2.27. The Labute approximate surface area is 131 Å². The number of rotatable bonds is 4. The molecule has 0 aromatic heterocycles. The van der Waals surface area contributed by atoms with Crippen LogP contribution in [0.4, 0.5) is 0 Å². The lowest BCUT2D eigenvalue weighted by Gasteiger charge is -2.38. The SMILES string of the molecule is CC(C)CN1CCC(C(=O)N2CCC(C(C)C)CC2)CC1. The molecule has 1 amide bonds. The molecule has 2 fully saturated rings. The highest BCUT2D eigenvalue weighted by Gasteiger charge is 2.31. The van der Waals surface area contributed by atoms with E-state index in [0.717, 1.165) is 56.8 Å². The molecule has 0 bridgehead atoms. The monoisotopic (exact) mass is 294 g/mol. The van der Waals surface area contributed by atoms with Gasteiger partial charge in [0.15, 0.2) is 0 Å². The van der Waals surface area contributed by atoms with E-state index in [4.69, 9.17) is 0 Å². The van der Waals surface area contributed by atoms with E-state index in [1.807, 2.05) is 0 Å². The van der Waals surface area contributed by atoms with Crippen molar-refractivity contribution in [2.45, 2.75) is 53.4 Å². The van der Waals surface area contributed by atoms with Crippen molar-refractivity contribution >= 4 is 5.91 Å². The molecule has 2 aliphatic rings. The van der Waals surface area contributed by atoms with Gasteiger partial charge in [-0.3, -0.25) is 4.79 Å². The molecule has 0 radical (unpaired) electrons. The third-order valence-electron chi connectivity index (χ3n) is 5.35. The summed E-state index contributed by atoms with van der Waals surface area (Å²) in [6.07, 6.45) is 4.54. The minimum atomic E-state index is 0.295. The van der Waals surface area contributed by atoms with Crippen LogP contribution in [0.25, 0.3) is 0 Å². The lowest BCUT2D eigenvalue weighted by atomic mass is 9.86. The molecule has 2 heterocycles. The zero-order chi connectivity index (χ0) is 15.4. The normalized spacial score (nSPS) is 23.2. The maximum Gasteiger partial charge on any atom is 0.225 e. The van der Waals surface area contributed by atoms with Crippen LogP contribution in [0, 0.1) is 23.7 Å².